The van der Waals surface area contributed by atoms with Crippen LogP contribution in [0.5, 0.6) is 0 Å². The maximum Gasteiger partial charge on any atom is 0.180 e. The minimum absolute atomic E-state index is 0.136. The second-order valence-corrected chi connectivity index (χ2v) is 7.67. The second kappa shape index (κ2) is 4.57. The van der Waals surface area contributed by atoms with Gasteiger partial charge in [0.25, 0.3) is 0 Å². The van der Waals surface area contributed by atoms with Gasteiger partial charge in [-0.05, 0) is 37.3 Å². The number of benzene rings is 1. The van der Waals surface area contributed by atoms with Gasteiger partial charge in [-0.1, -0.05) is 26.0 Å². The molecule has 4 heteroatoms. The van der Waals surface area contributed by atoms with E-state index in [9.17, 15) is 8.42 Å². The maximum absolute atomic E-state index is 12.0. The quantitative estimate of drug-likeness (QED) is 0.891. The van der Waals surface area contributed by atoms with Crippen molar-refractivity contribution in [1.29, 1.82) is 0 Å². The van der Waals surface area contributed by atoms with Gasteiger partial charge in [0.05, 0.1) is 16.3 Å². The van der Waals surface area contributed by atoms with Crippen molar-refractivity contribution in [3.05, 3.63) is 24.3 Å². The van der Waals surface area contributed by atoms with Crippen LogP contribution in [-0.2, 0) is 9.84 Å². The number of hydrogen-bond acceptors (Lipinski definition) is 3. The van der Waals surface area contributed by atoms with Crippen LogP contribution < -0.4 is 5.32 Å². The molecule has 1 saturated carbocycles. The van der Waals surface area contributed by atoms with Gasteiger partial charge in [-0.15, -0.1) is 0 Å². The molecule has 1 aromatic carbocycles. The third-order valence-corrected chi connectivity index (χ3v) is 5.84. The Kier molecular flexibility index (Phi) is 3.41. The van der Waals surface area contributed by atoms with Gasteiger partial charge in [0.15, 0.2) is 9.84 Å². The Hall–Kier alpha value is -1.03. The van der Waals surface area contributed by atoms with E-state index in [1.165, 1.54) is 12.8 Å². The highest BCUT2D eigenvalue weighted by Gasteiger charge is 2.42. The number of hydrogen-bond donors (Lipinski definition) is 1. The van der Waals surface area contributed by atoms with Crippen LogP contribution in [0.4, 0.5) is 5.69 Å². The van der Waals surface area contributed by atoms with E-state index in [1.54, 1.807) is 19.1 Å². The van der Waals surface area contributed by atoms with Crippen LogP contribution in [0, 0.1) is 5.41 Å². The SMILES string of the molecule is CCS(=O)(=O)c1ccccc1NC(C)C1(C)CC1. The molecular formula is C14H21NO2S. The van der Waals surface area contributed by atoms with Gasteiger partial charge in [0.2, 0.25) is 0 Å². The molecule has 1 atom stereocenters. The summed E-state index contributed by atoms with van der Waals surface area (Å²) in [4.78, 5) is 0.420. The van der Waals surface area contributed by atoms with Gasteiger partial charge in [-0.25, -0.2) is 8.42 Å². The summed E-state index contributed by atoms with van der Waals surface area (Å²) in [5, 5.41) is 3.37. The van der Waals surface area contributed by atoms with Crippen LogP contribution in [0.1, 0.15) is 33.6 Å². The normalized spacial score (nSPS) is 19.3. The van der Waals surface area contributed by atoms with E-state index in [2.05, 4.69) is 19.2 Å². The Morgan fingerprint density at radius 3 is 2.50 bits per heavy atom. The van der Waals surface area contributed by atoms with Crippen molar-refractivity contribution in [2.45, 2.75) is 44.6 Å². The molecular weight excluding hydrogens is 246 g/mol. The van der Waals surface area contributed by atoms with Crippen molar-refractivity contribution in [2.75, 3.05) is 11.1 Å². The summed E-state index contributed by atoms with van der Waals surface area (Å²) in [6.45, 7) is 6.04. The molecule has 1 aliphatic rings. The molecule has 1 aliphatic carbocycles. The third kappa shape index (κ3) is 2.53. The highest BCUT2D eigenvalue weighted by molar-refractivity contribution is 7.91. The van der Waals surface area contributed by atoms with Crippen LogP contribution in [0.2, 0.25) is 0 Å². The summed E-state index contributed by atoms with van der Waals surface area (Å²) >= 11 is 0. The molecule has 0 aromatic heterocycles. The zero-order chi connectivity index (χ0) is 13.4. The van der Waals surface area contributed by atoms with Gasteiger partial charge in [0, 0.05) is 6.04 Å². The zero-order valence-electron chi connectivity index (χ0n) is 11.2. The summed E-state index contributed by atoms with van der Waals surface area (Å²) in [5.74, 6) is 0.136. The standard InChI is InChI=1S/C14H21NO2S/c1-4-18(16,17)13-8-6-5-7-12(13)15-11(2)14(3)9-10-14/h5-8,11,15H,4,9-10H2,1-3H3. The molecule has 1 aromatic rings. The Morgan fingerprint density at radius 1 is 1.33 bits per heavy atom. The fourth-order valence-electron chi connectivity index (χ4n) is 2.05. The molecule has 0 heterocycles. The summed E-state index contributed by atoms with van der Waals surface area (Å²) in [6, 6.07) is 7.48. The molecule has 18 heavy (non-hydrogen) atoms. The first-order valence-corrected chi connectivity index (χ1v) is 8.12. The van der Waals surface area contributed by atoms with Gasteiger partial charge >= 0.3 is 0 Å². The van der Waals surface area contributed by atoms with E-state index in [4.69, 9.17) is 0 Å². The smallest absolute Gasteiger partial charge is 0.180 e. The average Bonchev–Trinajstić information content (AvgIpc) is 3.09. The molecule has 0 bridgehead atoms. The molecule has 1 N–H and O–H groups in total. The Morgan fingerprint density at radius 2 is 1.94 bits per heavy atom. The van der Waals surface area contributed by atoms with Crippen LogP contribution in [0.15, 0.2) is 29.2 Å². The molecule has 0 radical (unpaired) electrons. The number of anilines is 1. The van der Waals surface area contributed by atoms with E-state index in [0.717, 1.165) is 5.69 Å². The number of rotatable bonds is 5. The lowest BCUT2D eigenvalue weighted by molar-refractivity contribution is 0.492. The highest BCUT2D eigenvalue weighted by Crippen LogP contribution is 2.49. The molecule has 0 amide bonds. The van der Waals surface area contributed by atoms with Crippen LogP contribution in [0.25, 0.3) is 0 Å². The molecule has 1 fully saturated rings. The minimum Gasteiger partial charge on any atom is -0.381 e. The predicted octanol–water partition coefficient (Wildman–Crippen LogP) is 3.08. The van der Waals surface area contributed by atoms with E-state index in [0.29, 0.717) is 16.4 Å². The van der Waals surface area contributed by atoms with Gasteiger partial charge in [-0.3, -0.25) is 0 Å². The van der Waals surface area contributed by atoms with E-state index in [1.807, 2.05) is 12.1 Å². The third-order valence-electron chi connectivity index (χ3n) is 4.06. The molecule has 0 saturated heterocycles. The predicted molar refractivity (Wildman–Crippen MR) is 74.6 cm³/mol. The van der Waals surface area contributed by atoms with Crippen molar-refractivity contribution >= 4 is 15.5 Å². The molecule has 1 unspecified atom stereocenters. The van der Waals surface area contributed by atoms with E-state index in [-0.39, 0.29) is 5.75 Å². The lowest BCUT2D eigenvalue weighted by Gasteiger charge is -2.23. The summed E-state index contributed by atoms with van der Waals surface area (Å²) in [7, 11) is -3.16. The Labute approximate surface area is 110 Å². The van der Waals surface area contributed by atoms with Gasteiger partial charge in [0.1, 0.15) is 0 Å². The van der Waals surface area contributed by atoms with Gasteiger partial charge < -0.3 is 5.32 Å². The first-order chi connectivity index (χ1) is 8.39. The van der Waals surface area contributed by atoms with Crippen LogP contribution in [0.3, 0.4) is 0 Å². The van der Waals surface area contributed by atoms with Crippen molar-refractivity contribution in [2.24, 2.45) is 5.41 Å². The summed E-state index contributed by atoms with van der Waals surface area (Å²) < 4.78 is 24.1. The lowest BCUT2D eigenvalue weighted by atomic mass is 10.0. The Balaban J connectivity index is 2.28. The maximum atomic E-state index is 12.0. The topological polar surface area (TPSA) is 46.2 Å². The fraction of sp³-hybridized carbons (Fsp3) is 0.571. The molecule has 3 nitrogen and oxygen atoms in total. The molecule has 100 valence electrons. The lowest BCUT2D eigenvalue weighted by Crippen LogP contribution is -2.26. The fourth-order valence-corrected chi connectivity index (χ4v) is 3.11. The van der Waals surface area contributed by atoms with Crippen LogP contribution in [-0.4, -0.2) is 20.2 Å². The monoisotopic (exact) mass is 267 g/mol. The number of para-hydroxylation sites is 1. The van der Waals surface area contributed by atoms with Crippen molar-refractivity contribution in [1.82, 2.24) is 0 Å². The zero-order valence-corrected chi connectivity index (χ0v) is 12.0. The molecule has 0 spiro atoms. The van der Waals surface area contributed by atoms with Crippen LogP contribution >= 0.6 is 0 Å². The first kappa shape index (κ1) is 13.4. The van der Waals surface area contributed by atoms with Gasteiger partial charge in [-0.2, -0.15) is 0 Å². The second-order valence-electron chi connectivity index (χ2n) is 5.42. The number of sulfone groups is 1. The van der Waals surface area contributed by atoms with Crippen molar-refractivity contribution in [3.8, 4) is 0 Å². The van der Waals surface area contributed by atoms with E-state index >= 15 is 0 Å². The average molecular weight is 267 g/mol. The van der Waals surface area contributed by atoms with Crippen molar-refractivity contribution < 1.29 is 8.42 Å². The van der Waals surface area contributed by atoms with Crippen molar-refractivity contribution in [3.63, 3.8) is 0 Å². The largest absolute Gasteiger partial charge is 0.381 e. The highest BCUT2D eigenvalue weighted by atomic mass is 32.2. The Bertz CT molecular complexity index is 532. The number of nitrogens with one attached hydrogen (secondary N) is 1. The molecule has 2 rings (SSSR count). The summed E-state index contributed by atoms with van der Waals surface area (Å²) in [6.07, 6.45) is 2.42. The summed E-state index contributed by atoms with van der Waals surface area (Å²) in [5.41, 5.74) is 1.06. The van der Waals surface area contributed by atoms with E-state index < -0.39 is 9.84 Å². The minimum atomic E-state index is -3.16. The molecule has 0 aliphatic heterocycles. The first-order valence-electron chi connectivity index (χ1n) is 6.47.